The number of aromatic carboxylic acids is 1. The maximum absolute atomic E-state index is 12.0. The summed E-state index contributed by atoms with van der Waals surface area (Å²) in [4.78, 5) is 28.7. The minimum Gasteiger partial charge on any atom is -0.506 e. The first kappa shape index (κ1) is 13.9. The van der Waals surface area contributed by atoms with Gasteiger partial charge in [-0.25, -0.2) is 4.79 Å². The monoisotopic (exact) mass is 298 g/mol. The highest BCUT2D eigenvalue weighted by Gasteiger charge is 2.21. The first-order valence-electron chi connectivity index (χ1n) is 6.81. The van der Waals surface area contributed by atoms with Gasteiger partial charge >= 0.3 is 5.97 Å². The predicted molar refractivity (Wildman–Crippen MR) is 82.4 cm³/mol. The lowest BCUT2D eigenvalue weighted by Gasteiger charge is -2.12. The van der Waals surface area contributed by atoms with E-state index in [2.05, 4.69) is 9.97 Å². The minimum atomic E-state index is -1.44. The number of nitrogens with one attached hydrogen (secondary N) is 2. The van der Waals surface area contributed by atoms with Crippen molar-refractivity contribution < 1.29 is 15.0 Å². The van der Waals surface area contributed by atoms with Gasteiger partial charge in [-0.05, 0) is 23.9 Å². The van der Waals surface area contributed by atoms with Crippen LogP contribution in [0.4, 0.5) is 0 Å². The van der Waals surface area contributed by atoms with Gasteiger partial charge in [-0.3, -0.25) is 4.79 Å². The number of carboxylic acids is 1. The number of hydrogen-bond donors (Lipinski definition) is 4. The quantitative estimate of drug-likeness (QED) is 0.596. The topological polar surface area (TPSA) is 106 Å². The summed E-state index contributed by atoms with van der Waals surface area (Å²) in [5.41, 5.74) is 0.998. The molecule has 6 heteroatoms. The molecule has 4 N–H and O–H groups in total. The van der Waals surface area contributed by atoms with E-state index in [9.17, 15) is 14.7 Å². The van der Waals surface area contributed by atoms with Crippen molar-refractivity contribution in [2.75, 3.05) is 0 Å². The maximum Gasteiger partial charge on any atom is 0.345 e. The molecule has 2 heterocycles. The van der Waals surface area contributed by atoms with E-state index in [0.717, 1.165) is 10.9 Å². The van der Waals surface area contributed by atoms with Crippen LogP contribution in [0.1, 0.15) is 22.8 Å². The van der Waals surface area contributed by atoms with Crippen molar-refractivity contribution in [1.29, 1.82) is 0 Å². The highest BCUT2D eigenvalue weighted by molar-refractivity contribution is 5.92. The Morgan fingerprint density at radius 3 is 2.73 bits per heavy atom. The summed E-state index contributed by atoms with van der Waals surface area (Å²) in [5.74, 6) is -1.92. The first-order valence-corrected chi connectivity index (χ1v) is 6.81. The molecule has 0 saturated carbocycles. The average molecular weight is 298 g/mol. The van der Waals surface area contributed by atoms with Crippen molar-refractivity contribution in [1.82, 2.24) is 9.97 Å². The fourth-order valence-electron chi connectivity index (χ4n) is 2.62. The SMILES string of the molecule is CCc1c(-c2ccc3cc[nH]c3c2)[nH]c(=O)c(C(=O)O)c1O. The van der Waals surface area contributed by atoms with Crippen LogP contribution in [0.2, 0.25) is 0 Å². The van der Waals surface area contributed by atoms with Crippen LogP contribution in [0.5, 0.6) is 5.75 Å². The van der Waals surface area contributed by atoms with Gasteiger partial charge in [0.15, 0.2) is 5.56 Å². The number of H-pyrrole nitrogens is 2. The van der Waals surface area contributed by atoms with Gasteiger partial charge in [-0.15, -0.1) is 0 Å². The van der Waals surface area contributed by atoms with Gasteiger partial charge in [0.05, 0.1) is 5.69 Å². The lowest BCUT2D eigenvalue weighted by atomic mass is 10.00. The number of aromatic amines is 2. The van der Waals surface area contributed by atoms with Gasteiger partial charge < -0.3 is 20.2 Å². The third kappa shape index (κ3) is 2.05. The molecule has 1 aromatic carbocycles. The van der Waals surface area contributed by atoms with Gasteiger partial charge in [0.1, 0.15) is 5.75 Å². The summed E-state index contributed by atoms with van der Waals surface area (Å²) < 4.78 is 0. The molecule has 0 aliphatic heterocycles. The molecule has 0 aliphatic carbocycles. The Labute approximate surface area is 125 Å². The van der Waals surface area contributed by atoms with Gasteiger partial charge in [0.25, 0.3) is 5.56 Å². The van der Waals surface area contributed by atoms with Crippen LogP contribution in [0.15, 0.2) is 35.3 Å². The number of rotatable bonds is 3. The summed E-state index contributed by atoms with van der Waals surface area (Å²) in [5, 5.41) is 20.2. The van der Waals surface area contributed by atoms with Crippen LogP contribution < -0.4 is 5.56 Å². The molecule has 0 saturated heterocycles. The number of carboxylic acid groups (broad SMARTS) is 1. The van der Waals surface area contributed by atoms with Crippen LogP contribution in [-0.2, 0) is 6.42 Å². The van der Waals surface area contributed by atoms with Crippen LogP contribution in [-0.4, -0.2) is 26.2 Å². The zero-order valence-electron chi connectivity index (χ0n) is 11.8. The Bertz CT molecular complexity index is 937. The number of hydrogen-bond acceptors (Lipinski definition) is 3. The standard InChI is InChI=1S/C16H14N2O4/c1-2-10-13(18-15(20)12(14(10)19)16(21)22)9-4-3-8-5-6-17-11(8)7-9/h3-7,17H,2H2,1H3,(H,21,22)(H2,18,19,20). The van der Waals surface area contributed by atoms with Crippen LogP contribution in [0, 0.1) is 0 Å². The van der Waals surface area contributed by atoms with E-state index in [1.807, 2.05) is 30.5 Å². The molecule has 2 aromatic heterocycles. The summed E-state index contributed by atoms with van der Waals surface area (Å²) in [7, 11) is 0. The van der Waals surface area contributed by atoms with Crippen LogP contribution >= 0.6 is 0 Å². The number of aromatic nitrogens is 2. The number of fused-ring (bicyclic) bond motifs is 1. The van der Waals surface area contributed by atoms with Gasteiger partial charge in [0, 0.05) is 22.8 Å². The van der Waals surface area contributed by atoms with Crippen LogP contribution in [0.3, 0.4) is 0 Å². The Balaban J connectivity index is 2.30. The highest BCUT2D eigenvalue weighted by atomic mass is 16.4. The van der Waals surface area contributed by atoms with E-state index in [1.165, 1.54) is 0 Å². The summed E-state index contributed by atoms with van der Waals surface area (Å²) >= 11 is 0. The molecule has 0 atom stereocenters. The molecule has 6 nitrogen and oxygen atoms in total. The number of benzene rings is 1. The molecular weight excluding hydrogens is 284 g/mol. The highest BCUT2D eigenvalue weighted by Crippen LogP contribution is 2.31. The van der Waals surface area contributed by atoms with Crippen molar-refractivity contribution >= 4 is 16.9 Å². The molecule has 112 valence electrons. The third-order valence-corrected chi connectivity index (χ3v) is 3.70. The molecule has 3 aromatic rings. The average Bonchev–Trinajstić information content (AvgIpc) is 2.93. The van der Waals surface area contributed by atoms with Gasteiger partial charge in [0.2, 0.25) is 0 Å². The molecular formula is C16H14N2O4. The molecule has 0 amide bonds. The van der Waals surface area contributed by atoms with Gasteiger partial charge in [-0.1, -0.05) is 19.1 Å². The molecule has 0 aliphatic rings. The third-order valence-electron chi connectivity index (χ3n) is 3.70. The van der Waals surface area contributed by atoms with Crippen molar-refractivity contribution in [3.05, 3.63) is 51.9 Å². The van der Waals surface area contributed by atoms with Crippen molar-refractivity contribution in [2.24, 2.45) is 0 Å². The van der Waals surface area contributed by atoms with E-state index in [4.69, 9.17) is 5.11 Å². The molecule has 0 spiro atoms. The lowest BCUT2D eigenvalue weighted by molar-refractivity contribution is 0.0691. The van der Waals surface area contributed by atoms with Crippen molar-refractivity contribution in [2.45, 2.75) is 13.3 Å². The zero-order valence-corrected chi connectivity index (χ0v) is 11.8. The van der Waals surface area contributed by atoms with E-state index in [1.54, 1.807) is 6.92 Å². The van der Waals surface area contributed by atoms with E-state index in [0.29, 0.717) is 23.2 Å². The molecule has 0 radical (unpaired) electrons. The maximum atomic E-state index is 12.0. The lowest BCUT2D eigenvalue weighted by Crippen LogP contribution is -2.20. The smallest absolute Gasteiger partial charge is 0.345 e. The first-order chi connectivity index (χ1) is 10.5. The largest absolute Gasteiger partial charge is 0.506 e. The summed E-state index contributed by atoms with van der Waals surface area (Å²) in [6, 6.07) is 7.48. The second-order valence-corrected chi connectivity index (χ2v) is 4.97. The summed E-state index contributed by atoms with van der Waals surface area (Å²) in [6.45, 7) is 1.79. The Kier molecular flexibility index (Phi) is 3.21. The molecule has 0 fully saturated rings. The van der Waals surface area contributed by atoms with Gasteiger partial charge in [-0.2, -0.15) is 0 Å². The second-order valence-electron chi connectivity index (χ2n) is 4.97. The Hall–Kier alpha value is -3.02. The normalized spacial score (nSPS) is 11.0. The molecule has 3 rings (SSSR count). The van der Waals surface area contributed by atoms with Crippen molar-refractivity contribution in [3.63, 3.8) is 0 Å². The second kappa shape index (κ2) is 5.07. The molecule has 22 heavy (non-hydrogen) atoms. The number of carbonyl (C=O) groups is 1. The van der Waals surface area contributed by atoms with Crippen molar-refractivity contribution in [3.8, 4) is 17.0 Å². The number of aromatic hydroxyl groups is 1. The Morgan fingerprint density at radius 2 is 2.05 bits per heavy atom. The fourth-order valence-corrected chi connectivity index (χ4v) is 2.62. The fraction of sp³-hybridized carbons (Fsp3) is 0.125. The van der Waals surface area contributed by atoms with E-state index < -0.39 is 22.8 Å². The van der Waals surface area contributed by atoms with E-state index >= 15 is 0 Å². The van der Waals surface area contributed by atoms with E-state index in [-0.39, 0.29) is 0 Å². The zero-order chi connectivity index (χ0) is 15.9. The Morgan fingerprint density at radius 1 is 1.27 bits per heavy atom. The van der Waals surface area contributed by atoms with Crippen LogP contribution in [0.25, 0.3) is 22.2 Å². The molecule has 0 bridgehead atoms. The predicted octanol–water partition coefficient (Wildman–Crippen LogP) is 2.49. The summed E-state index contributed by atoms with van der Waals surface area (Å²) in [6.07, 6.45) is 2.20. The minimum absolute atomic E-state index is 0.390. The number of pyridine rings is 1. The molecule has 0 unspecified atom stereocenters.